The van der Waals surface area contributed by atoms with Gasteiger partial charge in [-0.05, 0) is 33.1 Å². The molecule has 2 atom stereocenters. The van der Waals surface area contributed by atoms with Crippen molar-refractivity contribution in [3.05, 3.63) is 0 Å². The summed E-state index contributed by atoms with van der Waals surface area (Å²) < 4.78 is 9.56. The van der Waals surface area contributed by atoms with E-state index in [9.17, 15) is 19.5 Å². The maximum atomic E-state index is 11.9. The predicted octanol–water partition coefficient (Wildman–Crippen LogP) is 0.330. The molecule has 1 rings (SSSR count). The number of amides is 2. The van der Waals surface area contributed by atoms with Gasteiger partial charge in [-0.3, -0.25) is 9.59 Å². The third-order valence-corrected chi connectivity index (χ3v) is 3.27. The summed E-state index contributed by atoms with van der Waals surface area (Å²) in [4.78, 5) is 34.8. The molecule has 1 saturated carbocycles. The second-order valence-corrected chi connectivity index (χ2v) is 6.67. The Morgan fingerprint density at radius 2 is 1.87 bits per heavy atom. The first-order valence-electron chi connectivity index (χ1n) is 7.64. The standard InChI is InChI=1S/C15H26N2O6/c1-15(2,3)23-14(21)17-10(7-9-5-6-9)12(19)13(20)16-8-11(18)22-4/h9-10,12,19H,5-8H2,1-4H3,(H,16,20)(H,17,21). The lowest BCUT2D eigenvalue weighted by atomic mass is 10.0. The van der Waals surface area contributed by atoms with E-state index < -0.39 is 35.7 Å². The summed E-state index contributed by atoms with van der Waals surface area (Å²) in [7, 11) is 1.20. The summed E-state index contributed by atoms with van der Waals surface area (Å²) >= 11 is 0. The fourth-order valence-corrected chi connectivity index (χ4v) is 1.96. The van der Waals surface area contributed by atoms with Gasteiger partial charge in [-0.1, -0.05) is 12.8 Å². The van der Waals surface area contributed by atoms with Crippen molar-refractivity contribution in [2.24, 2.45) is 5.92 Å². The number of esters is 1. The molecule has 0 aromatic rings. The highest BCUT2D eigenvalue weighted by Gasteiger charge is 2.34. The molecule has 0 heterocycles. The van der Waals surface area contributed by atoms with Crippen LogP contribution in [0.4, 0.5) is 4.79 Å². The molecule has 0 bridgehead atoms. The number of aliphatic hydroxyl groups excluding tert-OH is 1. The van der Waals surface area contributed by atoms with Crippen LogP contribution in [-0.4, -0.2) is 54.5 Å². The molecule has 0 radical (unpaired) electrons. The summed E-state index contributed by atoms with van der Waals surface area (Å²) in [5, 5.41) is 15.0. The molecule has 1 aliphatic rings. The Hall–Kier alpha value is -1.83. The molecule has 2 amide bonds. The van der Waals surface area contributed by atoms with Crippen molar-refractivity contribution < 1.29 is 29.0 Å². The van der Waals surface area contributed by atoms with Crippen LogP contribution in [-0.2, 0) is 19.1 Å². The number of methoxy groups -OCH3 is 1. The highest BCUT2D eigenvalue weighted by atomic mass is 16.6. The van der Waals surface area contributed by atoms with Crippen LogP contribution in [0.1, 0.15) is 40.0 Å². The number of nitrogens with one attached hydrogen (secondary N) is 2. The average molecular weight is 330 g/mol. The maximum absolute atomic E-state index is 11.9. The molecule has 2 unspecified atom stereocenters. The third-order valence-electron chi connectivity index (χ3n) is 3.27. The molecular weight excluding hydrogens is 304 g/mol. The maximum Gasteiger partial charge on any atom is 0.407 e. The van der Waals surface area contributed by atoms with Gasteiger partial charge in [0.05, 0.1) is 13.2 Å². The zero-order valence-corrected chi connectivity index (χ0v) is 14.0. The number of rotatable bonds is 7. The van der Waals surface area contributed by atoms with Crippen LogP contribution in [0.15, 0.2) is 0 Å². The molecule has 23 heavy (non-hydrogen) atoms. The Kier molecular flexibility index (Phi) is 6.80. The smallest absolute Gasteiger partial charge is 0.407 e. The van der Waals surface area contributed by atoms with Gasteiger partial charge < -0.3 is 25.2 Å². The summed E-state index contributed by atoms with van der Waals surface area (Å²) in [5.41, 5.74) is -0.674. The molecule has 0 aromatic carbocycles. The van der Waals surface area contributed by atoms with Crippen LogP contribution >= 0.6 is 0 Å². The van der Waals surface area contributed by atoms with Crippen LogP contribution in [0.5, 0.6) is 0 Å². The molecular formula is C15H26N2O6. The Balaban J connectivity index is 2.59. The van der Waals surface area contributed by atoms with Crippen molar-refractivity contribution in [2.75, 3.05) is 13.7 Å². The van der Waals surface area contributed by atoms with Crippen LogP contribution < -0.4 is 10.6 Å². The van der Waals surface area contributed by atoms with E-state index >= 15 is 0 Å². The van der Waals surface area contributed by atoms with Crippen molar-refractivity contribution in [2.45, 2.75) is 57.8 Å². The third kappa shape index (κ3) is 7.83. The zero-order valence-electron chi connectivity index (χ0n) is 14.0. The number of hydrogen-bond acceptors (Lipinski definition) is 6. The number of carbonyl (C=O) groups is 3. The molecule has 1 aliphatic carbocycles. The van der Waals surface area contributed by atoms with E-state index in [0.717, 1.165) is 12.8 Å². The zero-order chi connectivity index (χ0) is 17.6. The Morgan fingerprint density at radius 3 is 2.35 bits per heavy atom. The van der Waals surface area contributed by atoms with Crippen LogP contribution in [0.25, 0.3) is 0 Å². The molecule has 0 aromatic heterocycles. The van der Waals surface area contributed by atoms with Crippen molar-refractivity contribution in [3.8, 4) is 0 Å². The minimum Gasteiger partial charge on any atom is -0.468 e. The van der Waals surface area contributed by atoms with E-state index in [4.69, 9.17) is 4.74 Å². The van der Waals surface area contributed by atoms with Gasteiger partial charge in [-0.25, -0.2) is 4.79 Å². The van der Waals surface area contributed by atoms with Crippen LogP contribution in [0, 0.1) is 5.92 Å². The topological polar surface area (TPSA) is 114 Å². The second kappa shape index (κ2) is 8.14. The van der Waals surface area contributed by atoms with Crippen molar-refractivity contribution in [3.63, 3.8) is 0 Å². The van der Waals surface area contributed by atoms with E-state index in [1.165, 1.54) is 7.11 Å². The monoisotopic (exact) mass is 330 g/mol. The van der Waals surface area contributed by atoms with Crippen molar-refractivity contribution in [1.29, 1.82) is 0 Å². The van der Waals surface area contributed by atoms with Crippen LogP contribution in [0.3, 0.4) is 0 Å². The SMILES string of the molecule is COC(=O)CNC(=O)C(O)C(CC1CC1)NC(=O)OC(C)(C)C. The number of carbonyl (C=O) groups excluding carboxylic acids is 3. The van der Waals surface area contributed by atoms with Gasteiger partial charge in [0.1, 0.15) is 12.1 Å². The van der Waals surface area contributed by atoms with E-state index in [1.807, 2.05) is 0 Å². The lowest BCUT2D eigenvalue weighted by Gasteiger charge is -2.26. The van der Waals surface area contributed by atoms with Gasteiger partial charge in [-0.15, -0.1) is 0 Å². The van der Waals surface area contributed by atoms with E-state index in [-0.39, 0.29) is 6.54 Å². The molecule has 0 spiro atoms. The quantitative estimate of drug-likeness (QED) is 0.580. The highest BCUT2D eigenvalue weighted by molar-refractivity contribution is 5.85. The minimum absolute atomic E-state index is 0.338. The second-order valence-electron chi connectivity index (χ2n) is 6.67. The molecule has 8 nitrogen and oxygen atoms in total. The van der Waals surface area contributed by atoms with Gasteiger partial charge in [0.15, 0.2) is 6.10 Å². The van der Waals surface area contributed by atoms with Crippen molar-refractivity contribution in [1.82, 2.24) is 10.6 Å². The molecule has 0 saturated heterocycles. The first-order chi connectivity index (χ1) is 10.6. The number of hydrogen-bond donors (Lipinski definition) is 3. The van der Waals surface area contributed by atoms with E-state index in [1.54, 1.807) is 20.8 Å². The van der Waals surface area contributed by atoms with Gasteiger partial charge in [0.25, 0.3) is 5.91 Å². The molecule has 0 aliphatic heterocycles. The average Bonchev–Trinajstić information content (AvgIpc) is 3.24. The lowest BCUT2D eigenvalue weighted by molar-refractivity contribution is -0.142. The van der Waals surface area contributed by atoms with Gasteiger partial charge in [-0.2, -0.15) is 0 Å². The Labute approximate surface area is 135 Å². The van der Waals surface area contributed by atoms with Crippen LogP contribution in [0.2, 0.25) is 0 Å². The predicted molar refractivity (Wildman–Crippen MR) is 81.5 cm³/mol. The summed E-state index contributed by atoms with van der Waals surface area (Å²) in [6.45, 7) is 4.83. The van der Waals surface area contributed by atoms with E-state index in [0.29, 0.717) is 12.3 Å². The molecule has 3 N–H and O–H groups in total. The van der Waals surface area contributed by atoms with Gasteiger partial charge >= 0.3 is 12.1 Å². The Bertz CT molecular complexity index is 442. The molecule has 8 heteroatoms. The first kappa shape index (κ1) is 19.2. The number of alkyl carbamates (subject to hydrolysis) is 1. The minimum atomic E-state index is -1.47. The fourth-order valence-electron chi connectivity index (χ4n) is 1.96. The molecule has 1 fully saturated rings. The summed E-state index contributed by atoms with van der Waals surface area (Å²) in [6.07, 6.45) is 0.327. The van der Waals surface area contributed by atoms with Crippen molar-refractivity contribution >= 4 is 18.0 Å². The lowest BCUT2D eigenvalue weighted by Crippen LogP contribution is -2.52. The normalized spacial score (nSPS) is 16.9. The summed E-state index contributed by atoms with van der Waals surface area (Å²) in [6, 6.07) is -0.769. The van der Waals surface area contributed by atoms with E-state index in [2.05, 4.69) is 15.4 Å². The number of aliphatic hydroxyl groups is 1. The largest absolute Gasteiger partial charge is 0.468 e. The number of ether oxygens (including phenoxy) is 2. The highest BCUT2D eigenvalue weighted by Crippen LogP contribution is 2.34. The Morgan fingerprint density at radius 1 is 1.26 bits per heavy atom. The fraction of sp³-hybridized carbons (Fsp3) is 0.800. The molecule has 132 valence electrons. The summed E-state index contributed by atoms with van der Waals surface area (Å²) in [5.74, 6) is -0.987. The van der Waals surface area contributed by atoms with Gasteiger partial charge in [0, 0.05) is 0 Å². The first-order valence-corrected chi connectivity index (χ1v) is 7.64. The van der Waals surface area contributed by atoms with Gasteiger partial charge in [0.2, 0.25) is 0 Å².